The van der Waals surface area contributed by atoms with Gasteiger partial charge in [-0.3, -0.25) is 15.1 Å². The first-order valence-corrected chi connectivity index (χ1v) is 11.2. The molecule has 1 aliphatic heterocycles. The lowest BCUT2D eigenvalue weighted by Crippen LogP contribution is -2.38. The van der Waals surface area contributed by atoms with Crippen molar-refractivity contribution in [2.75, 3.05) is 39.1 Å². The van der Waals surface area contributed by atoms with Crippen molar-refractivity contribution in [3.8, 4) is 0 Å². The summed E-state index contributed by atoms with van der Waals surface area (Å²) in [7, 11) is -1.72. The largest absolute Gasteiger partial charge is 0.368 e. The lowest BCUT2D eigenvalue weighted by Gasteiger charge is -2.17. The van der Waals surface area contributed by atoms with Crippen molar-refractivity contribution in [3.63, 3.8) is 0 Å². The Bertz CT molecular complexity index is 957. The summed E-state index contributed by atoms with van der Waals surface area (Å²) in [6.07, 6.45) is 0.727. The predicted molar refractivity (Wildman–Crippen MR) is 114 cm³/mol. The number of likely N-dealkylation sites (N-methyl/N-ethyl adjacent to an activating group) is 1. The third-order valence-corrected chi connectivity index (χ3v) is 6.31. The van der Waals surface area contributed by atoms with Gasteiger partial charge in [0.2, 0.25) is 5.91 Å². The van der Waals surface area contributed by atoms with E-state index in [0.29, 0.717) is 6.54 Å². The highest BCUT2D eigenvalue weighted by Gasteiger charge is 2.15. The number of nitrogens with zero attached hydrogens (tertiary/aromatic N) is 2. The number of carbonyl (C=O) groups excluding carboxylic acids is 1. The third-order valence-electron chi connectivity index (χ3n) is 4.73. The molecule has 1 amide bonds. The molecule has 7 nitrogen and oxygen atoms in total. The minimum atomic E-state index is -3.44. The van der Waals surface area contributed by atoms with Crippen molar-refractivity contribution in [1.29, 1.82) is 0 Å². The Morgan fingerprint density at radius 1 is 1.14 bits per heavy atom. The third kappa shape index (κ3) is 5.88. The van der Waals surface area contributed by atoms with Gasteiger partial charge in [-0.1, -0.05) is 42.5 Å². The minimum Gasteiger partial charge on any atom is -0.368 e. The average Bonchev–Trinajstić information content (AvgIpc) is 3.28. The summed E-state index contributed by atoms with van der Waals surface area (Å²) in [5, 5.41) is 5.99. The molecular weight excluding hydrogens is 388 g/mol. The van der Waals surface area contributed by atoms with E-state index in [-0.39, 0.29) is 23.2 Å². The van der Waals surface area contributed by atoms with Gasteiger partial charge < -0.3 is 10.2 Å². The van der Waals surface area contributed by atoms with Crippen molar-refractivity contribution in [3.05, 3.63) is 65.7 Å². The lowest BCUT2D eigenvalue weighted by molar-refractivity contribution is -0.128. The zero-order valence-corrected chi connectivity index (χ0v) is 17.3. The Hall–Kier alpha value is -2.71. The van der Waals surface area contributed by atoms with E-state index in [1.807, 2.05) is 24.3 Å². The van der Waals surface area contributed by atoms with Crippen molar-refractivity contribution >= 4 is 21.6 Å². The van der Waals surface area contributed by atoms with Crippen molar-refractivity contribution < 1.29 is 13.2 Å². The van der Waals surface area contributed by atoms with Gasteiger partial charge in [0.1, 0.15) is 11.7 Å². The highest BCUT2D eigenvalue weighted by atomic mass is 32.2. The molecule has 0 atom stereocenters. The number of hydrogen-bond acceptors (Lipinski definition) is 6. The number of carbonyl (C=O) groups is 1. The second-order valence-electron chi connectivity index (χ2n) is 6.92. The standard InChI is InChI=1S/C21H26N4O3S/c1-25(14-11-17-7-9-18(10-8-17)21-23-12-13-24-21)20(26)15-22-16-29(27,28)19-5-3-2-4-6-19/h2-10,22H,11-16H2,1H3,(H,23,24). The van der Waals surface area contributed by atoms with Gasteiger partial charge in [0.05, 0.1) is 18.0 Å². The van der Waals surface area contributed by atoms with Gasteiger partial charge in [0.25, 0.3) is 0 Å². The molecule has 154 valence electrons. The molecule has 3 rings (SSSR count). The van der Waals surface area contributed by atoms with Crippen LogP contribution in [0.2, 0.25) is 0 Å². The van der Waals surface area contributed by atoms with E-state index in [4.69, 9.17) is 0 Å². The van der Waals surface area contributed by atoms with Crippen LogP contribution in [0.25, 0.3) is 0 Å². The van der Waals surface area contributed by atoms with E-state index in [2.05, 4.69) is 15.6 Å². The molecule has 29 heavy (non-hydrogen) atoms. The molecule has 0 radical (unpaired) electrons. The number of amidine groups is 1. The van der Waals surface area contributed by atoms with Crippen LogP contribution in [-0.2, 0) is 21.1 Å². The molecule has 0 fully saturated rings. The maximum atomic E-state index is 12.3. The Balaban J connectivity index is 1.42. The maximum Gasteiger partial charge on any atom is 0.236 e. The Morgan fingerprint density at radius 3 is 2.52 bits per heavy atom. The van der Waals surface area contributed by atoms with Gasteiger partial charge in [-0.15, -0.1) is 0 Å². The number of amides is 1. The summed E-state index contributed by atoms with van der Waals surface area (Å²) < 4.78 is 24.4. The molecule has 0 unspecified atom stereocenters. The van der Waals surface area contributed by atoms with Crippen LogP contribution in [0, 0.1) is 0 Å². The minimum absolute atomic E-state index is 0.0208. The number of nitrogens with one attached hydrogen (secondary N) is 2. The summed E-state index contributed by atoms with van der Waals surface area (Å²) in [6, 6.07) is 16.4. The molecule has 0 aromatic heterocycles. The molecule has 0 spiro atoms. The van der Waals surface area contributed by atoms with Crippen LogP contribution < -0.4 is 10.6 Å². The number of sulfone groups is 1. The van der Waals surface area contributed by atoms with Crippen LogP contribution in [0.3, 0.4) is 0 Å². The molecule has 1 heterocycles. The number of benzene rings is 2. The normalized spacial score (nSPS) is 13.6. The van der Waals surface area contributed by atoms with E-state index < -0.39 is 9.84 Å². The van der Waals surface area contributed by atoms with Crippen molar-refractivity contribution in [2.45, 2.75) is 11.3 Å². The first kappa shape index (κ1) is 21.0. The maximum absolute atomic E-state index is 12.3. The van der Waals surface area contributed by atoms with Crippen LogP contribution in [0.1, 0.15) is 11.1 Å². The Labute approximate surface area is 171 Å². The topological polar surface area (TPSA) is 90.9 Å². The first-order chi connectivity index (χ1) is 14.0. The molecule has 2 aromatic rings. The zero-order chi connectivity index (χ0) is 20.7. The number of rotatable bonds is 9. The van der Waals surface area contributed by atoms with E-state index in [1.54, 1.807) is 42.3 Å². The van der Waals surface area contributed by atoms with Crippen molar-refractivity contribution in [2.24, 2.45) is 4.99 Å². The SMILES string of the molecule is CN(CCc1ccc(C2=NCCN2)cc1)C(=O)CNCS(=O)(=O)c1ccccc1. The average molecular weight is 415 g/mol. The fraction of sp³-hybridized carbons (Fsp3) is 0.333. The second kappa shape index (κ2) is 9.67. The van der Waals surface area contributed by atoms with Gasteiger partial charge in [-0.25, -0.2) is 8.42 Å². The Kier molecular flexibility index (Phi) is 7.00. The highest BCUT2D eigenvalue weighted by molar-refractivity contribution is 7.91. The molecular formula is C21H26N4O3S. The van der Waals surface area contributed by atoms with Crippen LogP contribution in [0.4, 0.5) is 0 Å². The van der Waals surface area contributed by atoms with E-state index in [0.717, 1.165) is 36.5 Å². The highest BCUT2D eigenvalue weighted by Crippen LogP contribution is 2.09. The van der Waals surface area contributed by atoms with Gasteiger partial charge in [-0.2, -0.15) is 0 Å². The van der Waals surface area contributed by atoms with Gasteiger partial charge in [0.15, 0.2) is 9.84 Å². The summed E-state index contributed by atoms with van der Waals surface area (Å²) >= 11 is 0. The molecule has 0 aliphatic carbocycles. The summed E-state index contributed by atoms with van der Waals surface area (Å²) in [5.41, 5.74) is 2.20. The van der Waals surface area contributed by atoms with E-state index >= 15 is 0 Å². The summed E-state index contributed by atoms with van der Waals surface area (Å²) in [5.74, 6) is 0.519. The van der Waals surface area contributed by atoms with Gasteiger partial charge in [0, 0.05) is 25.7 Å². The molecule has 8 heteroatoms. The second-order valence-corrected chi connectivity index (χ2v) is 8.91. The summed E-state index contributed by atoms with van der Waals surface area (Å²) in [6.45, 7) is 2.23. The molecule has 2 N–H and O–H groups in total. The molecule has 0 saturated heterocycles. The first-order valence-electron chi connectivity index (χ1n) is 9.56. The van der Waals surface area contributed by atoms with E-state index in [1.165, 1.54) is 0 Å². The van der Waals surface area contributed by atoms with E-state index in [9.17, 15) is 13.2 Å². The smallest absolute Gasteiger partial charge is 0.236 e. The van der Waals surface area contributed by atoms with Gasteiger partial charge in [-0.05, 0) is 24.1 Å². The fourth-order valence-corrected chi connectivity index (χ4v) is 4.09. The van der Waals surface area contributed by atoms with Crippen LogP contribution in [0.5, 0.6) is 0 Å². The monoisotopic (exact) mass is 414 g/mol. The molecule has 1 aliphatic rings. The van der Waals surface area contributed by atoms with Crippen LogP contribution in [0.15, 0.2) is 64.5 Å². The summed E-state index contributed by atoms with van der Waals surface area (Å²) in [4.78, 5) is 18.5. The van der Waals surface area contributed by atoms with Gasteiger partial charge >= 0.3 is 0 Å². The Morgan fingerprint density at radius 2 is 1.86 bits per heavy atom. The van der Waals surface area contributed by atoms with Crippen LogP contribution in [-0.4, -0.2) is 64.2 Å². The predicted octanol–water partition coefficient (Wildman–Crippen LogP) is 1.06. The molecule has 2 aromatic carbocycles. The number of aliphatic imine (C=N–C) groups is 1. The fourth-order valence-electron chi connectivity index (χ4n) is 2.98. The quantitative estimate of drug-likeness (QED) is 0.640. The molecule has 0 bridgehead atoms. The molecule has 0 saturated carbocycles. The zero-order valence-electron chi connectivity index (χ0n) is 16.5. The lowest BCUT2D eigenvalue weighted by atomic mass is 10.1. The number of hydrogen-bond donors (Lipinski definition) is 2. The van der Waals surface area contributed by atoms with Crippen LogP contribution >= 0.6 is 0 Å². The van der Waals surface area contributed by atoms with Crippen molar-refractivity contribution in [1.82, 2.24) is 15.5 Å².